The van der Waals surface area contributed by atoms with Gasteiger partial charge < -0.3 is 19.7 Å². The molecule has 1 aromatic carbocycles. The molecule has 1 saturated heterocycles. The van der Waals surface area contributed by atoms with E-state index in [0.29, 0.717) is 5.88 Å². The van der Waals surface area contributed by atoms with Crippen molar-refractivity contribution in [2.24, 2.45) is 11.8 Å². The maximum absolute atomic E-state index is 11.2. The quantitative estimate of drug-likeness (QED) is 0.627. The molecule has 2 fully saturated rings. The number of pyridine rings is 1. The zero-order valence-corrected chi connectivity index (χ0v) is 20.0. The van der Waals surface area contributed by atoms with Crippen molar-refractivity contribution in [1.82, 2.24) is 10.3 Å². The van der Waals surface area contributed by atoms with Crippen molar-refractivity contribution >= 4 is 11.6 Å². The molecule has 0 bridgehead atoms. The van der Waals surface area contributed by atoms with Crippen LogP contribution in [-0.4, -0.2) is 36.7 Å². The predicted molar refractivity (Wildman–Crippen MR) is 128 cm³/mol. The van der Waals surface area contributed by atoms with Gasteiger partial charge in [0.1, 0.15) is 11.9 Å². The number of rotatable bonds is 8. The van der Waals surface area contributed by atoms with Crippen LogP contribution in [0.5, 0.6) is 11.6 Å². The second kappa shape index (κ2) is 11.2. The largest absolute Gasteiger partial charge is 0.487 e. The van der Waals surface area contributed by atoms with Gasteiger partial charge in [-0.25, -0.2) is 4.98 Å². The molecular formula is C26H37N3O3. The van der Waals surface area contributed by atoms with Gasteiger partial charge in [-0.05, 0) is 55.4 Å². The second-order valence-corrected chi connectivity index (χ2v) is 9.48. The van der Waals surface area contributed by atoms with Crippen LogP contribution in [0, 0.1) is 11.8 Å². The van der Waals surface area contributed by atoms with Gasteiger partial charge in [0.15, 0.2) is 0 Å². The van der Waals surface area contributed by atoms with Gasteiger partial charge in [-0.15, -0.1) is 0 Å². The molecule has 2 aromatic rings. The summed E-state index contributed by atoms with van der Waals surface area (Å²) in [7, 11) is 0. The van der Waals surface area contributed by atoms with Crippen LogP contribution in [0.4, 0.5) is 5.69 Å². The Labute approximate surface area is 192 Å². The number of ether oxygens (including phenoxy) is 2. The molecule has 2 heterocycles. The fourth-order valence-corrected chi connectivity index (χ4v) is 3.27. The summed E-state index contributed by atoms with van der Waals surface area (Å²) in [4.78, 5) is 17.8. The minimum atomic E-state index is -0.0283. The second-order valence-electron chi connectivity index (χ2n) is 9.48. The number of hydrogen-bond donors (Lipinski definition) is 1. The Morgan fingerprint density at radius 1 is 1.09 bits per heavy atom. The molecule has 6 heteroatoms. The van der Waals surface area contributed by atoms with E-state index in [1.165, 1.54) is 19.8 Å². The molecule has 1 amide bonds. The van der Waals surface area contributed by atoms with Gasteiger partial charge in [-0.2, -0.15) is 0 Å². The van der Waals surface area contributed by atoms with Gasteiger partial charge in [0.2, 0.25) is 11.8 Å². The smallest absolute Gasteiger partial charge is 0.217 e. The fraction of sp³-hybridized carbons (Fsp3) is 0.538. The summed E-state index contributed by atoms with van der Waals surface area (Å²) in [5.74, 6) is 3.10. The van der Waals surface area contributed by atoms with E-state index in [0.717, 1.165) is 48.5 Å². The van der Waals surface area contributed by atoms with Gasteiger partial charge in [0.25, 0.3) is 0 Å². The van der Waals surface area contributed by atoms with E-state index in [1.807, 2.05) is 43.5 Å². The van der Waals surface area contributed by atoms with Crippen molar-refractivity contribution in [3.63, 3.8) is 0 Å². The number of aromatic nitrogens is 1. The molecule has 1 unspecified atom stereocenters. The molecule has 32 heavy (non-hydrogen) atoms. The first kappa shape index (κ1) is 23.9. The lowest BCUT2D eigenvalue weighted by Crippen LogP contribution is -2.54. The lowest BCUT2D eigenvalue weighted by Gasteiger charge is -2.40. The fourth-order valence-electron chi connectivity index (χ4n) is 3.27. The molecule has 0 radical (unpaired) electrons. The third kappa shape index (κ3) is 7.74. The summed E-state index contributed by atoms with van der Waals surface area (Å²) in [6.07, 6.45) is 4.61. The van der Waals surface area contributed by atoms with Crippen LogP contribution in [0.2, 0.25) is 0 Å². The number of hydrogen-bond acceptors (Lipinski definition) is 5. The van der Waals surface area contributed by atoms with Crippen LogP contribution >= 0.6 is 0 Å². The Hall–Kier alpha value is -2.76. The Morgan fingerprint density at radius 2 is 1.75 bits per heavy atom. The van der Waals surface area contributed by atoms with E-state index in [9.17, 15) is 4.79 Å². The van der Waals surface area contributed by atoms with Gasteiger partial charge in [-0.3, -0.25) is 4.79 Å². The number of amides is 1. The molecule has 1 saturated carbocycles. The molecule has 1 aromatic heterocycles. The number of benzene rings is 1. The van der Waals surface area contributed by atoms with Crippen molar-refractivity contribution in [2.45, 2.75) is 59.6 Å². The number of anilines is 1. The van der Waals surface area contributed by atoms with E-state index >= 15 is 0 Å². The molecule has 0 spiro atoms. The topological polar surface area (TPSA) is 63.7 Å². The standard InChI is InChI=1S/C22H27N3O3.C4H10/c1-15(24-16(2)26)18-5-8-20(9-6-18)28-21-12-25(13-21)19-7-10-22(23-11-19)27-14-17-3-4-17;1-4(2)3/h5-11,15,17,21H,3-4,12-14H2,1-2H3,(H,24,26);4H,1-3H3. The lowest BCUT2D eigenvalue weighted by atomic mass is 10.1. The summed E-state index contributed by atoms with van der Waals surface area (Å²) < 4.78 is 11.7. The van der Waals surface area contributed by atoms with E-state index in [4.69, 9.17) is 9.47 Å². The minimum Gasteiger partial charge on any atom is -0.487 e. The Balaban J connectivity index is 0.000000668. The molecule has 4 rings (SSSR count). The maximum atomic E-state index is 11.2. The first-order chi connectivity index (χ1) is 15.3. The van der Waals surface area contributed by atoms with Crippen molar-refractivity contribution < 1.29 is 14.3 Å². The molecular weight excluding hydrogens is 402 g/mol. The van der Waals surface area contributed by atoms with Gasteiger partial charge in [0, 0.05) is 13.0 Å². The Kier molecular flexibility index (Phi) is 8.37. The van der Waals surface area contributed by atoms with Crippen molar-refractivity contribution in [1.29, 1.82) is 0 Å². The SMILES string of the molecule is CC(=O)NC(C)c1ccc(OC2CN(c3ccc(OCC4CC4)nc3)C2)cc1.CC(C)C. The average Bonchev–Trinajstić information content (AvgIpc) is 3.53. The molecule has 2 aliphatic rings. The molecule has 1 N–H and O–H groups in total. The normalized spacial score (nSPS) is 16.5. The van der Waals surface area contributed by atoms with Crippen LogP contribution in [0.3, 0.4) is 0 Å². The van der Waals surface area contributed by atoms with Gasteiger partial charge in [-0.1, -0.05) is 32.9 Å². The third-order valence-electron chi connectivity index (χ3n) is 5.20. The Morgan fingerprint density at radius 3 is 2.28 bits per heavy atom. The molecule has 6 nitrogen and oxygen atoms in total. The van der Waals surface area contributed by atoms with Crippen molar-refractivity contribution in [3.8, 4) is 11.6 Å². The first-order valence-corrected chi connectivity index (χ1v) is 11.7. The summed E-state index contributed by atoms with van der Waals surface area (Å²) in [5.41, 5.74) is 2.16. The number of nitrogens with one attached hydrogen (secondary N) is 1. The molecule has 1 atom stereocenters. The number of nitrogens with zero attached hydrogens (tertiary/aromatic N) is 2. The molecule has 1 aliphatic carbocycles. The highest BCUT2D eigenvalue weighted by atomic mass is 16.5. The highest BCUT2D eigenvalue weighted by Gasteiger charge is 2.29. The first-order valence-electron chi connectivity index (χ1n) is 11.7. The summed E-state index contributed by atoms with van der Waals surface area (Å²) in [5, 5.41) is 2.88. The minimum absolute atomic E-state index is 0.00512. The number of carbonyl (C=O) groups is 1. The summed E-state index contributed by atoms with van der Waals surface area (Å²) >= 11 is 0. The number of carbonyl (C=O) groups excluding carboxylic acids is 1. The van der Waals surface area contributed by atoms with Crippen LogP contribution < -0.4 is 19.7 Å². The summed E-state index contributed by atoms with van der Waals surface area (Å²) in [6, 6.07) is 11.9. The highest BCUT2D eigenvalue weighted by molar-refractivity contribution is 5.73. The van der Waals surface area contributed by atoms with Crippen LogP contribution in [0.1, 0.15) is 59.1 Å². The van der Waals surface area contributed by atoms with Gasteiger partial charge in [0.05, 0.1) is 37.6 Å². The zero-order chi connectivity index (χ0) is 23.1. The monoisotopic (exact) mass is 439 g/mol. The lowest BCUT2D eigenvalue weighted by molar-refractivity contribution is -0.119. The van der Waals surface area contributed by atoms with Gasteiger partial charge >= 0.3 is 0 Å². The molecule has 174 valence electrons. The predicted octanol–water partition coefficient (Wildman–Crippen LogP) is 5.00. The van der Waals surface area contributed by atoms with E-state index < -0.39 is 0 Å². The average molecular weight is 440 g/mol. The van der Waals surface area contributed by atoms with Crippen LogP contribution in [0.15, 0.2) is 42.6 Å². The highest BCUT2D eigenvalue weighted by Crippen LogP contribution is 2.30. The van der Waals surface area contributed by atoms with Crippen molar-refractivity contribution in [3.05, 3.63) is 48.2 Å². The van der Waals surface area contributed by atoms with Crippen molar-refractivity contribution in [2.75, 3.05) is 24.6 Å². The zero-order valence-electron chi connectivity index (χ0n) is 20.0. The van der Waals surface area contributed by atoms with E-state index in [2.05, 4.69) is 42.0 Å². The third-order valence-corrected chi connectivity index (χ3v) is 5.20. The van der Waals surface area contributed by atoms with Crippen LogP contribution in [0.25, 0.3) is 0 Å². The molecule has 1 aliphatic heterocycles. The maximum Gasteiger partial charge on any atom is 0.217 e. The summed E-state index contributed by atoms with van der Waals surface area (Å²) in [6.45, 7) is 12.5. The Bertz CT molecular complexity index is 839. The van der Waals surface area contributed by atoms with E-state index in [1.54, 1.807) is 0 Å². The van der Waals surface area contributed by atoms with E-state index in [-0.39, 0.29) is 18.1 Å². The van der Waals surface area contributed by atoms with Crippen LogP contribution in [-0.2, 0) is 4.79 Å².